The highest BCUT2D eigenvalue weighted by atomic mass is 16.5. The topological polar surface area (TPSA) is 9.23 Å². The maximum Gasteiger partial charge on any atom is 0.0641 e. The minimum atomic E-state index is 0.454. The molecule has 0 spiro atoms. The van der Waals surface area contributed by atoms with Crippen molar-refractivity contribution in [2.45, 2.75) is 39.7 Å². The Morgan fingerprint density at radius 2 is 2.17 bits per heavy atom. The summed E-state index contributed by atoms with van der Waals surface area (Å²) in [6.45, 7) is 6.76. The molecule has 70 valence electrons. The maximum atomic E-state index is 5.49. The van der Waals surface area contributed by atoms with Gasteiger partial charge in [-0.1, -0.05) is 25.5 Å². The smallest absolute Gasteiger partial charge is 0.0641 e. The molecule has 0 aliphatic heterocycles. The van der Waals surface area contributed by atoms with Gasteiger partial charge in [-0.05, 0) is 31.6 Å². The second kappa shape index (κ2) is 4.08. The Balaban J connectivity index is 2.63. The molecule has 0 fully saturated rings. The van der Waals surface area contributed by atoms with Crippen LogP contribution in [0.5, 0.6) is 0 Å². The minimum absolute atomic E-state index is 0.454. The van der Waals surface area contributed by atoms with Crippen LogP contribution in [0.25, 0.3) is 0 Å². The lowest BCUT2D eigenvalue weighted by atomic mass is 9.80. The first kappa shape index (κ1) is 9.79. The monoisotopic (exact) mass is 168 g/mol. The highest BCUT2D eigenvalue weighted by molar-refractivity contribution is 5.06. The van der Waals surface area contributed by atoms with Crippen molar-refractivity contribution in [2.24, 2.45) is 11.8 Å². The molecule has 12 heavy (non-hydrogen) atoms. The summed E-state index contributed by atoms with van der Waals surface area (Å²) in [6, 6.07) is 0. The average molecular weight is 168 g/mol. The van der Waals surface area contributed by atoms with E-state index in [1.165, 1.54) is 12.0 Å². The van der Waals surface area contributed by atoms with E-state index in [9.17, 15) is 0 Å². The van der Waals surface area contributed by atoms with Crippen molar-refractivity contribution >= 4 is 0 Å². The molecule has 2 unspecified atom stereocenters. The van der Waals surface area contributed by atoms with Gasteiger partial charge in [0.15, 0.2) is 0 Å². The van der Waals surface area contributed by atoms with E-state index in [-0.39, 0.29) is 0 Å². The van der Waals surface area contributed by atoms with Gasteiger partial charge in [-0.3, -0.25) is 0 Å². The van der Waals surface area contributed by atoms with Crippen LogP contribution in [0.1, 0.15) is 33.6 Å². The van der Waals surface area contributed by atoms with Gasteiger partial charge >= 0.3 is 0 Å². The Bertz CT molecular complexity index is 170. The summed E-state index contributed by atoms with van der Waals surface area (Å²) in [7, 11) is 1.83. The first-order valence-corrected chi connectivity index (χ1v) is 4.83. The Morgan fingerprint density at radius 1 is 1.50 bits per heavy atom. The van der Waals surface area contributed by atoms with E-state index in [1.54, 1.807) is 0 Å². The lowest BCUT2D eigenvalue weighted by Crippen LogP contribution is -2.29. The second-order valence-electron chi connectivity index (χ2n) is 4.17. The zero-order valence-electron chi connectivity index (χ0n) is 8.63. The molecule has 1 nitrogen and oxygen atoms in total. The normalized spacial score (nSPS) is 30.6. The molecule has 0 aromatic rings. The summed E-state index contributed by atoms with van der Waals surface area (Å²) in [4.78, 5) is 0. The van der Waals surface area contributed by atoms with Crippen molar-refractivity contribution in [3.8, 4) is 0 Å². The molecule has 0 N–H and O–H groups in total. The molecule has 0 aromatic carbocycles. The molecule has 0 heterocycles. The van der Waals surface area contributed by atoms with Crippen molar-refractivity contribution in [3.63, 3.8) is 0 Å². The van der Waals surface area contributed by atoms with E-state index in [4.69, 9.17) is 4.74 Å². The molecule has 1 heteroatoms. The van der Waals surface area contributed by atoms with Crippen molar-refractivity contribution in [1.82, 2.24) is 0 Å². The van der Waals surface area contributed by atoms with Crippen molar-refractivity contribution < 1.29 is 4.74 Å². The molecule has 0 saturated carbocycles. The fraction of sp³-hybridized carbons (Fsp3) is 0.818. The van der Waals surface area contributed by atoms with E-state index in [2.05, 4.69) is 26.8 Å². The first-order valence-electron chi connectivity index (χ1n) is 4.83. The van der Waals surface area contributed by atoms with E-state index in [1.807, 2.05) is 7.11 Å². The summed E-state index contributed by atoms with van der Waals surface area (Å²) < 4.78 is 5.49. The summed E-state index contributed by atoms with van der Waals surface area (Å²) in [5.74, 6) is 1.46. The largest absolute Gasteiger partial charge is 0.381 e. The van der Waals surface area contributed by atoms with Crippen LogP contribution in [-0.2, 0) is 4.74 Å². The fourth-order valence-corrected chi connectivity index (χ4v) is 2.00. The lowest BCUT2D eigenvalue weighted by Gasteiger charge is -2.32. The van der Waals surface area contributed by atoms with Gasteiger partial charge in [0.25, 0.3) is 0 Å². The van der Waals surface area contributed by atoms with Crippen LogP contribution in [0.15, 0.2) is 11.6 Å². The van der Waals surface area contributed by atoms with Gasteiger partial charge in [-0.2, -0.15) is 0 Å². The third kappa shape index (κ3) is 2.10. The standard InChI is InChI=1S/C11H20O/c1-8(2)10-6-5-9(3)7-11(10)12-4/h5,8,10-11H,6-7H2,1-4H3. The van der Waals surface area contributed by atoms with Gasteiger partial charge in [0.1, 0.15) is 0 Å². The number of methoxy groups -OCH3 is 1. The number of ether oxygens (including phenoxy) is 1. The third-order valence-corrected chi connectivity index (χ3v) is 2.90. The quantitative estimate of drug-likeness (QED) is 0.576. The van der Waals surface area contributed by atoms with Crippen LogP contribution >= 0.6 is 0 Å². The Labute approximate surface area is 75.8 Å². The number of allylic oxidation sites excluding steroid dienone is 1. The molecular weight excluding hydrogens is 148 g/mol. The number of hydrogen-bond acceptors (Lipinski definition) is 1. The molecule has 0 amide bonds. The Hall–Kier alpha value is -0.300. The van der Waals surface area contributed by atoms with Crippen molar-refractivity contribution in [3.05, 3.63) is 11.6 Å². The van der Waals surface area contributed by atoms with Crippen LogP contribution in [0, 0.1) is 11.8 Å². The SMILES string of the molecule is COC1CC(C)=CCC1C(C)C. The zero-order chi connectivity index (χ0) is 9.14. The Morgan fingerprint density at radius 3 is 2.67 bits per heavy atom. The summed E-state index contributed by atoms with van der Waals surface area (Å²) in [6.07, 6.45) is 5.14. The summed E-state index contributed by atoms with van der Waals surface area (Å²) >= 11 is 0. The lowest BCUT2D eigenvalue weighted by molar-refractivity contribution is 0.0298. The highest BCUT2D eigenvalue weighted by Crippen LogP contribution is 2.30. The van der Waals surface area contributed by atoms with E-state index < -0.39 is 0 Å². The third-order valence-electron chi connectivity index (χ3n) is 2.90. The van der Waals surface area contributed by atoms with E-state index in [0.29, 0.717) is 6.10 Å². The molecule has 0 saturated heterocycles. The Kier molecular flexibility index (Phi) is 3.33. The van der Waals surface area contributed by atoms with Crippen LogP contribution < -0.4 is 0 Å². The van der Waals surface area contributed by atoms with Gasteiger partial charge in [-0.15, -0.1) is 0 Å². The molecule has 0 bridgehead atoms. The van der Waals surface area contributed by atoms with Gasteiger partial charge in [0, 0.05) is 7.11 Å². The van der Waals surface area contributed by atoms with Gasteiger partial charge in [-0.25, -0.2) is 0 Å². The molecule has 1 aliphatic carbocycles. The van der Waals surface area contributed by atoms with Gasteiger partial charge in [0.2, 0.25) is 0 Å². The predicted molar refractivity (Wildman–Crippen MR) is 52.1 cm³/mol. The molecule has 1 aliphatic rings. The van der Waals surface area contributed by atoms with E-state index >= 15 is 0 Å². The number of rotatable bonds is 2. The molecule has 1 rings (SSSR count). The first-order chi connectivity index (χ1) is 5.65. The molecule has 0 aromatic heterocycles. The highest BCUT2D eigenvalue weighted by Gasteiger charge is 2.26. The minimum Gasteiger partial charge on any atom is -0.381 e. The fourth-order valence-electron chi connectivity index (χ4n) is 2.00. The van der Waals surface area contributed by atoms with Gasteiger partial charge in [0.05, 0.1) is 6.10 Å². The van der Waals surface area contributed by atoms with E-state index in [0.717, 1.165) is 18.3 Å². The summed E-state index contributed by atoms with van der Waals surface area (Å²) in [5.41, 5.74) is 1.48. The van der Waals surface area contributed by atoms with Crippen LogP contribution in [0.4, 0.5) is 0 Å². The van der Waals surface area contributed by atoms with Gasteiger partial charge < -0.3 is 4.74 Å². The predicted octanol–water partition coefficient (Wildman–Crippen LogP) is 3.01. The van der Waals surface area contributed by atoms with Crippen molar-refractivity contribution in [2.75, 3.05) is 7.11 Å². The van der Waals surface area contributed by atoms with Crippen LogP contribution in [-0.4, -0.2) is 13.2 Å². The van der Waals surface area contributed by atoms with Crippen molar-refractivity contribution in [1.29, 1.82) is 0 Å². The number of hydrogen-bond donors (Lipinski definition) is 0. The zero-order valence-corrected chi connectivity index (χ0v) is 8.63. The molecular formula is C11H20O. The average Bonchev–Trinajstić information content (AvgIpc) is 2.03. The second-order valence-corrected chi connectivity index (χ2v) is 4.17. The molecule has 0 radical (unpaired) electrons. The van der Waals surface area contributed by atoms with Crippen LogP contribution in [0.2, 0.25) is 0 Å². The van der Waals surface area contributed by atoms with Crippen LogP contribution in [0.3, 0.4) is 0 Å². The summed E-state index contributed by atoms with van der Waals surface area (Å²) in [5, 5.41) is 0. The maximum absolute atomic E-state index is 5.49. The molecule has 2 atom stereocenters.